The summed E-state index contributed by atoms with van der Waals surface area (Å²) in [5, 5.41) is 6.37. The molecule has 2 unspecified atom stereocenters. The van der Waals surface area contributed by atoms with Crippen LogP contribution in [0.1, 0.15) is 31.4 Å². The predicted octanol–water partition coefficient (Wildman–Crippen LogP) is 1.62. The minimum Gasteiger partial charge on any atom is -0.493 e. The SMILES string of the molecule is CC1COc2ccccc2C1NCC(=O)NC1CC1. The maximum absolute atomic E-state index is 11.7. The van der Waals surface area contributed by atoms with Crippen LogP contribution in [-0.4, -0.2) is 25.1 Å². The van der Waals surface area contributed by atoms with Crippen LogP contribution < -0.4 is 15.4 Å². The summed E-state index contributed by atoms with van der Waals surface area (Å²) in [6.45, 7) is 3.21. The van der Waals surface area contributed by atoms with Crippen molar-refractivity contribution >= 4 is 5.91 Å². The summed E-state index contributed by atoms with van der Waals surface area (Å²) in [5.74, 6) is 1.39. The second kappa shape index (κ2) is 5.21. The van der Waals surface area contributed by atoms with E-state index in [1.807, 2.05) is 18.2 Å². The Balaban J connectivity index is 1.64. The average molecular weight is 260 g/mol. The fraction of sp³-hybridized carbons (Fsp3) is 0.533. The molecule has 0 radical (unpaired) electrons. The largest absolute Gasteiger partial charge is 0.493 e. The number of rotatable bonds is 4. The number of carbonyl (C=O) groups is 1. The molecule has 1 aromatic carbocycles. The standard InChI is InChI=1S/C15H20N2O2/c1-10-9-19-13-5-3-2-4-12(13)15(10)16-8-14(18)17-11-6-7-11/h2-5,10-11,15-16H,6-9H2,1H3,(H,17,18). The minimum absolute atomic E-state index is 0.0960. The Morgan fingerprint density at radius 1 is 1.37 bits per heavy atom. The first-order valence-electron chi connectivity index (χ1n) is 6.98. The molecule has 0 spiro atoms. The van der Waals surface area contributed by atoms with Gasteiger partial charge in [-0.3, -0.25) is 4.79 Å². The van der Waals surface area contributed by atoms with Gasteiger partial charge in [-0.05, 0) is 18.9 Å². The smallest absolute Gasteiger partial charge is 0.234 e. The van der Waals surface area contributed by atoms with Crippen LogP contribution in [0.25, 0.3) is 0 Å². The molecule has 3 rings (SSSR count). The summed E-state index contributed by atoms with van der Waals surface area (Å²) in [4.78, 5) is 11.7. The summed E-state index contributed by atoms with van der Waals surface area (Å²) in [7, 11) is 0. The van der Waals surface area contributed by atoms with Gasteiger partial charge in [-0.25, -0.2) is 0 Å². The highest BCUT2D eigenvalue weighted by Gasteiger charge is 2.28. The molecule has 1 aliphatic heterocycles. The Morgan fingerprint density at radius 2 is 2.16 bits per heavy atom. The first-order valence-corrected chi connectivity index (χ1v) is 6.98. The van der Waals surface area contributed by atoms with Crippen LogP contribution in [0.2, 0.25) is 0 Å². The van der Waals surface area contributed by atoms with Gasteiger partial charge >= 0.3 is 0 Å². The number of benzene rings is 1. The zero-order chi connectivity index (χ0) is 13.2. The Morgan fingerprint density at radius 3 is 2.95 bits per heavy atom. The normalized spacial score (nSPS) is 25.3. The lowest BCUT2D eigenvalue weighted by atomic mass is 9.92. The van der Waals surface area contributed by atoms with E-state index in [4.69, 9.17) is 4.74 Å². The molecule has 1 heterocycles. The first-order chi connectivity index (χ1) is 9.24. The third-order valence-electron chi connectivity index (χ3n) is 3.75. The molecule has 1 aromatic rings. The van der Waals surface area contributed by atoms with Crippen molar-refractivity contribution in [3.8, 4) is 5.75 Å². The van der Waals surface area contributed by atoms with Crippen molar-refractivity contribution < 1.29 is 9.53 Å². The molecule has 0 aromatic heterocycles. The highest BCUT2D eigenvalue weighted by atomic mass is 16.5. The average Bonchev–Trinajstić information content (AvgIpc) is 3.21. The van der Waals surface area contributed by atoms with Crippen LogP contribution in [0, 0.1) is 5.92 Å². The van der Waals surface area contributed by atoms with E-state index in [0.29, 0.717) is 25.1 Å². The zero-order valence-electron chi connectivity index (χ0n) is 11.2. The van der Waals surface area contributed by atoms with Crippen molar-refractivity contribution in [2.24, 2.45) is 5.92 Å². The van der Waals surface area contributed by atoms with Gasteiger partial charge in [-0.2, -0.15) is 0 Å². The lowest BCUT2D eigenvalue weighted by Crippen LogP contribution is -2.40. The molecule has 4 heteroatoms. The molecule has 102 valence electrons. The first kappa shape index (κ1) is 12.5. The fourth-order valence-electron chi connectivity index (χ4n) is 2.51. The molecule has 1 fully saturated rings. The van der Waals surface area contributed by atoms with Gasteiger partial charge in [0.15, 0.2) is 0 Å². The predicted molar refractivity (Wildman–Crippen MR) is 73.0 cm³/mol. The van der Waals surface area contributed by atoms with Crippen LogP contribution in [0.3, 0.4) is 0 Å². The number of amides is 1. The molecular weight excluding hydrogens is 240 g/mol. The van der Waals surface area contributed by atoms with Gasteiger partial charge < -0.3 is 15.4 Å². The molecule has 2 atom stereocenters. The molecule has 2 aliphatic rings. The van der Waals surface area contributed by atoms with Crippen molar-refractivity contribution in [1.29, 1.82) is 0 Å². The molecule has 1 aliphatic carbocycles. The molecular formula is C15H20N2O2. The van der Waals surface area contributed by atoms with E-state index in [0.717, 1.165) is 24.2 Å². The van der Waals surface area contributed by atoms with E-state index in [1.165, 1.54) is 0 Å². The third kappa shape index (κ3) is 2.89. The maximum atomic E-state index is 11.7. The van der Waals surface area contributed by atoms with Crippen molar-refractivity contribution in [1.82, 2.24) is 10.6 Å². The van der Waals surface area contributed by atoms with Gasteiger partial charge in [-0.15, -0.1) is 0 Å². The highest BCUT2D eigenvalue weighted by molar-refractivity contribution is 5.78. The zero-order valence-corrected chi connectivity index (χ0v) is 11.2. The Kier molecular flexibility index (Phi) is 3.42. The molecule has 2 N–H and O–H groups in total. The van der Waals surface area contributed by atoms with E-state index in [1.54, 1.807) is 0 Å². The van der Waals surface area contributed by atoms with Crippen LogP contribution in [-0.2, 0) is 4.79 Å². The number of carbonyl (C=O) groups excluding carboxylic acids is 1. The number of hydrogen-bond acceptors (Lipinski definition) is 3. The maximum Gasteiger partial charge on any atom is 0.234 e. The van der Waals surface area contributed by atoms with Crippen molar-refractivity contribution in [2.45, 2.75) is 31.8 Å². The van der Waals surface area contributed by atoms with Gasteiger partial charge in [0.1, 0.15) is 5.75 Å². The van der Waals surface area contributed by atoms with Gasteiger partial charge in [0, 0.05) is 23.6 Å². The van der Waals surface area contributed by atoms with Crippen molar-refractivity contribution in [3.63, 3.8) is 0 Å². The molecule has 4 nitrogen and oxygen atoms in total. The summed E-state index contributed by atoms with van der Waals surface area (Å²) in [6, 6.07) is 8.66. The fourth-order valence-corrected chi connectivity index (χ4v) is 2.51. The van der Waals surface area contributed by atoms with Crippen LogP contribution in [0.15, 0.2) is 24.3 Å². The Bertz CT molecular complexity index is 471. The second-order valence-corrected chi connectivity index (χ2v) is 5.53. The molecule has 1 amide bonds. The number of para-hydroxylation sites is 1. The molecule has 0 saturated heterocycles. The molecule has 0 bridgehead atoms. The monoisotopic (exact) mass is 260 g/mol. The number of hydrogen-bond donors (Lipinski definition) is 2. The topological polar surface area (TPSA) is 50.4 Å². The summed E-state index contributed by atoms with van der Waals surface area (Å²) < 4.78 is 5.71. The van der Waals surface area contributed by atoms with E-state index < -0.39 is 0 Å². The van der Waals surface area contributed by atoms with Crippen molar-refractivity contribution in [2.75, 3.05) is 13.2 Å². The van der Waals surface area contributed by atoms with Crippen LogP contribution in [0.4, 0.5) is 0 Å². The van der Waals surface area contributed by atoms with E-state index in [9.17, 15) is 4.79 Å². The van der Waals surface area contributed by atoms with Crippen molar-refractivity contribution in [3.05, 3.63) is 29.8 Å². The second-order valence-electron chi connectivity index (χ2n) is 5.53. The molecule has 1 saturated carbocycles. The quantitative estimate of drug-likeness (QED) is 0.865. The summed E-state index contributed by atoms with van der Waals surface area (Å²) in [5.41, 5.74) is 1.15. The van der Waals surface area contributed by atoms with Crippen LogP contribution in [0.5, 0.6) is 5.75 Å². The Hall–Kier alpha value is -1.55. The lowest BCUT2D eigenvalue weighted by Gasteiger charge is -2.32. The highest BCUT2D eigenvalue weighted by Crippen LogP contribution is 2.34. The minimum atomic E-state index is 0.0960. The Labute approximate surface area is 113 Å². The summed E-state index contributed by atoms with van der Waals surface area (Å²) in [6.07, 6.45) is 2.25. The van der Waals surface area contributed by atoms with Gasteiger partial charge in [-0.1, -0.05) is 25.1 Å². The lowest BCUT2D eigenvalue weighted by molar-refractivity contribution is -0.120. The van der Waals surface area contributed by atoms with E-state index >= 15 is 0 Å². The van der Waals surface area contributed by atoms with Gasteiger partial charge in [0.05, 0.1) is 13.2 Å². The van der Waals surface area contributed by atoms with E-state index in [-0.39, 0.29) is 11.9 Å². The number of nitrogens with one attached hydrogen (secondary N) is 2. The third-order valence-corrected chi connectivity index (χ3v) is 3.75. The van der Waals surface area contributed by atoms with Gasteiger partial charge in [0.25, 0.3) is 0 Å². The van der Waals surface area contributed by atoms with Gasteiger partial charge in [0.2, 0.25) is 5.91 Å². The van der Waals surface area contributed by atoms with E-state index in [2.05, 4.69) is 23.6 Å². The number of ether oxygens (including phenoxy) is 1. The van der Waals surface area contributed by atoms with Crippen LogP contribution >= 0.6 is 0 Å². The number of fused-ring (bicyclic) bond motifs is 1. The molecule has 19 heavy (non-hydrogen) atoms. The summed E-state index contributed by atoms with van der Waals surface area (Å²) >= 11 is 0.